The zero-order valence-electron chi connectivity index (χ0n) is 27.1. The molecule has 3 aromatic carbocycles. The molecule has 0 atom stereocenters. The molecule has 0 unspecified atom stereocenters. The van der Waals surface area contributed by atoms with E-state index in [1.54, 1.807) is 0 Å². The molecule has 0 heterocycles. The Balaban J connectivity index is 1.94. The van der Waals surface area contributed by atoms with Crippen molar-refractivity contribution in [3.8, 4) is 11.1 Å². The number of unbranched alkanes of at least 4 members (excludes halogenated alkanes) is 6. The first kappa shape index (κ1) is 32.5. The molecule has 2 nitrogen and oxygen atoms in total. The smallest absolute Gasteiger partial charge is 0.0642 e. The van der Waals surface area contributed by atoms with E-state index in [-0.39, 0.29) is 0 Å². The van der Waals surface area contributed by atoms with Gasteiger partial charge in [0.1, 0.15) is 0 Å². The van der Waals surface area contributed by atoms with Crippen molar-refractivity contribution in [2.24, 2.45) is 9.98 Å². The molecular formula is C39H54N2. The molecule has 0 aromatic heterocycles. The Morgan fingerprint density at radius 1 is 0.634 bits per heavy atom. The van der Waals surface area contributed by atoms with Gasteiger partial charge in [-0.2, -0.15) is 0 Å². The maximum absolute atomic E-state index is 5.21. The van der Waals surface area contributed by atoms with Gasteiger partial charge < -0.3 is 0 Å². The second-order valence-corrected chi connectivity index (χ2v) is 11.6. The Kier molecular flexibility index (Phi) is 13.5. The Morgan fingerprint density at radius 2 is 1.27 bits per heavy atom. The van der Waals surface area contributed by atoms with Crippen LogP contribution in [0.4, 0.5) is 11.4 Å². The molecule has 0 saturated carbocycles. The quantitative estimate of drug-likeness (QED) is 0.125. The topological polar surface area (TPSA) is 24.7 Å². The van der Waals surface area contributed by atoms with Gasteiger partial charge in [0.25, 0.3) is 0 Å². The molecule has 41 heavy (non-hydrogen) atoms. The third-order valence-corrected chi connectivity index (χ3v) is 8.34. The van der Waals surface area contributed by atoms with Crippen molar-refractivity contribution in [1.82, 2.24) is 0 Å². The summed E-state index contributed by atoms with van der Waals surface area (Å²) in [5.74, 6) is 0. The first-order chi connectivity index (χ1) is 19.9. The second kappa shape index (κ2) is 17.1. The van der Waals surface area contributed by atoms with Crippen LogP contribution in [0.1, 0.15) is 120 Å². The summed E-state index contributed by atoms with van der Waals surface area (Å²) in [6.07, 6.45) is 14.5. The van der Waals surface area contributed by atoms with E-state index in [2.05, 4.69) is 103 Å². The van der Waals surface area contributed by atoms with Crippen LogP contribution in [0, 0.1) is 13.8 Å². The third-order valence-electron chi connectivity index (χ3n) is 8.34. The molecule has 0 bridgehead atoms. The molecule has 0 aliphatic carbocycles. The maximum atomic E-state index is 5.21. The van der Waals surface area contributed by atoms with Crippen LogP contribution in [-0.2, 0) is 19.3 Å². The Bertz CT molecular complexity index is 1300. The van der Waals surface area contributed by atoms with Gasteiger partial charge in [0.2, 0.25) is 0 Å². The lowest BCUT2D eigenvalue weighted by atomic mass is 9.91. The fourth-order valence-electron chi connectivity index (χ4n) is 6.01. The van der Waals surface area contributed by atoms with Gasteiger partial charge >= 0.3 is 0 Å². The molecule has 3 aromatic rings. The third kappa shape index (κ3) is 9.52. The standard InChI is InChI=1S/C39H54N2/c1-8-12-14-15-16-20-24-37-30(6)26-35(28-38(37)32-22-18-17-19-23-32)41-39(11-4)31(7)40-34-25-29(5)36(10-3)33(27-34)21-13-9-2/h17-19,22-23,25-28H,8-16,20-21,24H2,1-7H3. The number of rotatable bonds is 16. The summed E-state index contributed by atoms with van der Waals surface area (Å²) >= 11 is 0. The molecule has 0 radical (unpaired) electrons. The molecule has 0 saturated heterocycles. The Hall–Kier alpha value is -3.00. The molecular weight excluding hydrogens is 496 g/mol. The average molecular weight is 551 g/mol. The highest BCUT2D eigenvalue weighted by molar-refractivity contribution is 6.42. The number of hydrogen-bond acceptors (Lipinski definition) is 2. The van der Waals surface area contributed by atoms with Gasteiger partial charge in [-0.05, 0) is 123 Å². The van der Waals surface area contributed by atoms with Gasteiger partial charge in [-0.1, -0.05) is 96.6 Å². The molecule has 0 aliphatic rings. The number of benzene rings is 3. The summed E-state index contributed by atoms with van der Waals surface area (Å²) in [6.45, 7) is 15.6. The van der Waals surface area contributed by atoms with Crippen LogP contribution in [0.2, 0.25) is 0 Å². The van der Waals surface area contributed by atoms with E-state index in [1.807, 2.05) is 0 Å². The van der Waals surface area contributed by atoms with Crippen LogP contribution < -0.4 is 0 Å². The fraction of sp³-hybridized carbons (Fsp3) is 0.487. The van der Waals surface area contributed by atoms with E-state index in [0.29, 0.717) is 0 Å². The molecule has 0 N–H and O–H groups in total. The summed E-state index contributed by atoms with van der Waals surface area (Å²) in [7, 11) is 0. The second-order valence-electron chi connectivity index (χ2n) is 11.6. The molecule has 0 aliphatic heterocycles. The maximum Gasteiger partial charge on any atom is 0.0642 e. The molecule has 2 heteroatoms. The van der Waals surface area contributed by atoms with Gasteiger partial charge in [-0.15, -0.1) is 0 Å². The van der Waals surface area contributed by atoms with Gasteiger partial charge in [-0.25, -0.2) is 0 Å². The van der Waals surface area contributed by atoms with Crippen LogP contribution in [0.5, 0.6) is 0 Å². The summed E-state index contributed by atoms with van der Waals surface area (Å²) in [4.78, 5) is 10.3. The average Bonchev–Trinajstić information content (AvgIpc) is 2.97. The van der Waals surface area contributed by atoms with E-state index >= 15 is 0 Å². The summed E-state index contributed by atoms with van der Waals surface area (Å²) < 4.78 is 0. The number of nitrogens with zero attached hydrogens (tertiary/aromatic N) is 2. The van der Waals surface area contributed by atoms with Crippen LogP contribution in [-0.4, -0.2) is 11.4 Å². The lowest BCUT2D eigenvalue weighted by Gasteiger charge is -2.16. The van der Waals surface area contributed by atoms with E-state index in [4.69, 9.17) is 9.98 Å². The number of hydrogen-bond donors (Lipinski definition) is 0. The number of aryl methyl sites for hydroxylation is 3. The predicted molar refractivity (Wildman–Crippen MR) is 183 cm³/mol. The summed E-state index contributed by atoms with van der Waals surface area (Å²) in [5.41, 5.74) is 13.9. The molecule has 220 valence electrons. The van der Waals surface area contributed by atoms with Gasteiger partial charge in [0, 0.05) is 0 Å². The van der Waals surface area contributed by atoms with Crippen LogP contribution in [0.3, 0.4) is 0 Å². The van der Waals surface area contributed by atoms with Crippen molar-refractivity contribution in [2.75, 3.05) is 0 Å². The highest BCUT2D eigenvalue weighted by atomic mass is 14.8. The first-order valence-corrected chi connectivity index (χ1v) is 16.4. The van der Waals surface area contributed by atoms with Crippen LogP contribution in [0.25, 0.3) is 11.1 Å². The van der Waals surface area contributed by atoms with Crippen molar-refractivity contribution >= 4 is 22.8 Å². The summed E-state index contributed by atoms with van der Waals surface area (Å²) in [5, 5.41) is 0. The fourth-order valence-corrected chi connectivity index (χ4v) is 6.01. The van der Waals surface area contributed by atoms with E-state index < -0.39 is 0 Å². The molecule has 3 rings (SSSR count). The summed E-state index contributed by atoms with van der Waals surface area (Å²) in [6, 6.07) is 20.0. The van der Waals surface area contributed by atoms with Crippen molar-refractivity contribution in [1.29, 1.82) is 0 Å². The zero-order valence-corrected chi connectivity index (χ0v) is 27.1. The van der Waals surface area contributed by atoms with Crippen molar-refractivity contribution < 1.29 is 0 Å². The van der Waals surface area contributed by atoms with E-state index in [1.165, 1.54) is 90.3 Å². The van der Waals surface area contributed by atoms with E-state index in [9.17, 15) is 0 Å². The highest BCUT2D eigenvalue weighted by Gasteiger charge is 2.12. The molecule has 0 amide bonds. The van der Waals surface area contributed by atoms with Crippen molar-refractivity contribution in [3.63, 3.8) is 0 Å². The monoisotopic (exact) mass is 550 g/mol. The SMILES string of the molecule is CCCCCCCCc1c(C)cc(N=C(CC)C(C)=Nc2cc(C)c(CC)c(CCCC)c2)cc1-c1ccccc1. The first-order valence-electron chi connectivity index (χ1n) is 16.4. The van der Waals surface area contributed by atoms with Gasteiger partial charge in [0.05, 0.1) is 22.8 Å². The Morgan fingerprint density at radius 3 is 1.93 bits per heavy atom. The molecule has 0 fully saturated rings. The zero-order chi connectivity index (χ0) is 29.6. The largest absolute Gasteiger partial charge is 0.252 e. The molecule has 0 spiro atoms. The number of aliphatic imine (C=N–C) groups is 2. The normalized spacial score (nSPS) is 12.3. The van der Waals surface area contributed by atoms with Crippen molar-refractivity contribution in [2.45, 2.75) is 126 Å². The predicted octanol–water partition coefficient (Wildman–Crippen LogP) is 12.1. The van der Waals surface area contributed by atoms with E-state index in [0.717, 1.165) is 48.5 Å². The van der Waals surface area contributed by atoms with Crippen LogP contribution in [0.15, 0.2) is 64.6 Å². The lowest BCUT2D eigenvalue weighted by Crippen LogP contribution is -2.09. The lowest BCUT2D eigenvalue weighted by molar-refractivity contribution is 0.607. The Labute approximate surface area is 251 Å². The van der Waals surface area contributed by atoms with Crippen LogP contribution >= 0.6 is 0 Å². The van der Waals surface area contributed by atoms with Gasteiger partial charge in [-0.3, -0.25) is 9.98 Å². The minimum atomic E-state index is 0.850. The minimum Gasteiger partial charge on any atom is -0.252 e. The minimum absolute atomic E-state index is 0.850. The highest BCUT2D eigenvalue weighted by Crippen LogP contribution is 2.33. The van der Waals surface area contributed by atoms with Crippen molar-refractivity contribution in [3.05, 3.63) is 82.4 Å². The van der Waals surface area contributed by atoms with Gasteiger partial charge in [0.15, 0.2) is 0 Å².